The molecule has 0 aliphatic carbocycles. The van der Waals surface area contributed by atoms with Crippen LogP contribution in [-0.4, -0.2) is 9.55 Å². The van der Waals surface area contributed by atoms with E-state index < -0.39 is 11.2 Å². The van der Waals surface area contributed by atoms with Crippen molar-refractivity contribution in [1.29, 1.82) is 0 Å². The normalized spacial score (nSPS) is 10.5. The topological polar surface area (TPSA) is 54.9 Å². The number of aryl methyl sites for hydroxylation is 1. The molecule has 0 bridgehead atoms. The smallest absolute Gasteiger partial charge is 0.297 e. The summed E-state index contributed by atoms with van der Waals surface area (Å²) in [7, 11) is 0. The third kappa shape index (κ3) is 1.75. The first kappa shape index (κ1) is 10.2. The molecule has 2 heterocycles. The molecule has 0 amide bonds. The molecule has 4 nitrogen and oxygen atoms in total. The summed E-state index contributed by atoms with van der Waals surface area (Å²) in [6.45, 7) is 1.84. The first-order chi connectivity index (χ1) is 7.09. The van der Waals surface area contributed by atoms with Gasteiger partial charge in [-0.05, 0) is 17.9 Å². The highest BCUT2D eigenvalue weighted by Gasteiger charge is 2.08. The molecule has 0 aliphatic heterocycles. The first-order valence-electron chi connectivity index (χ1n) is 4.14. The lowest BCUT2D eigenvalue weighted by Gasteiger charge is -2.02. The highest BCUT2D eigenvalue weighted by atomic mass is 35.5. The van der Waals surface area contributed by atoms with Crippen LogP contribution in [0.1, 0.15) is 5.56 Å². The fourth-order valence-electron chi connectivity index (χ4n) is 1.28. The summed E-state index contributed by atoms with van der Waals surface area (Å²) in [5, 5.41) is 3.67. The summed E-state index contributed by atoms with van der Waals surface area (Å²) < 4.78 is 1.07. The highest BCUT2D eigenvalue weighted by molar-refractivity contribution is 7.08. The number of hydrogen-bond donors (Lipinski definition) is 1. The fourth-order valence-corrected chi connectivity index (χ4v) is 2.27. The number of aromatic nitrogens is 2. The number of nitrogens with one attached hydrogen (secondary N) is 1. The van der Waals surface area contributed by atoms with Crippen LogP contribution < -0.4 is 11.2 Å². The van der Waals surface area contributed by atoms with Crippen molar-refractivity contribution in [3.63, 3.8) is 0 Å². The van der Waals surface area contributed by atoms with Crippen LogP contribution in [0.3, 0.4) is 0 Å². The van der Waals surface area contributed by atoms with Crippen molar-refractivity contribution in [3.8, 4) is 5.69 Å². The molecule has 0 aliphatic rings. The van der Waals surface area contributed by atoms with Gasteiger partial charge in [0.2, 0.25) is 0 Å². The summed E-state index contributed by atoms with van der Waals surface area (Å²) >= 11 is 6.99. The summed E-state index contributed by atoms with van der Waals surface area (Å²) in [5.74, 6) is 0. The maximum atomic E-state index is 11.6. The number of thiophene rings is 1. The number of H-pyrrole nitrogens is 1. The molecule has 0 saturated carbocycles. The maximum absolute atomic E-state index is 11.6. The van der Waals surface area contributed by atoms with Gasteiger partial charge in [0.05, 0.1) is 5.69 Å². The Kier molecular flexibility index (Phi) is 2.50. The molecule has 2 aromatic rings. The average Bonchev–Trinajstić information content (AvgIpc) is 2.50. The van der Waals surface area contributed by atoms with Gasteiger partial charge in [-0.1, -0.05) is 11.6 Å². The maximum Gasteiger partial charge on any atom is 0.334 e. The van der Waals surface area contributed by atoms with E-state index in [0.717, 1.165) is 10.1 Å². The van der Waals surface area contributed by atoms with Gasteiger partial charge in [-0.3, -0.25) is 9.78 Å². The largest absolute Gasteiger partial charge is 0.334 e. The Morgan fingerprint density at radius 3 is 2.67 bits per heavy atom. The second-order valence-electron chi connectivity index (χ2n) is 3.04. The number of aromatic amines is 1. The standard InChI is InChI=1S/C9H7ClN2O2S/c1-5-3-15-4-6(5)12-8(13)2-7(10)11-9(12)14/h2-4H,1H3,(H,11,14). The average molecular weight is 243 g/mol. The van der Waals surface area contributed by atoms with Crippen LogP contribution in [0, 0.1) is 6.92 Å². The van der Waals surface area contributed by atoms with Crippen molar-refractivity contribution >= 4 is 22.9 Å². The first-order valence-corrected chi connectivity index (χ1v) is 5.46. The molecule has 0 unspecified atom stereocenters. The zero-order valence-electron chi connectivity index (χ0n) is 7.78. The molecule has 1 N–H and O–H groups in total. The van der Waals surface area contributed by atoms with Crippen molar-refractivity contribution in [1.82, 2.24) is 9.55 Å². The third-order valence-electron chi connectivity index (χ3n) is 1.97. The predicted octanol–water partition coefficient (Wildman–Crippen LogP) is 1.55. The molecule has 2 rings (SSSR count). The van der Waals surface area contributed by atoms with Crippen molar-refractivity contribution in [2.24, 2.45) is 0 Å². The van der Waals surface area contributed by atoms with Gasteiger partial charge < -0.3 is 0 Å². The van der Waals surface area contributed by atoms with Gasteiger partial charge in [0, 0.05) is 11.4 Å². The zero-order valence-corrected chi connectivity index (χ0v) is 9.35. The Bertz CT molecular complexity index is 580. The van der Waals surface area contributed by atoms with Crippen LogP contribution in [0.4, 0.5) is 0 Å². The van der Waals surface area contributed by atoms with E-state index >= 15 is 0 Å². The Balaban J connectivity index is 2.80. The Morgan fingerprint density at radius 2 is 2.13 bits per heavy atom. The van der Waals surface area contributed by atoms with Crippen LogP contribution in [0.2, 0.25) is 5.15 Å². The van der Waals surface area contributed by atoms with E-state index in [1.165, 1.54) is 17.4 Å². The zero-order chi connectivity index (χ0) is 11.0. The van der Waals surface area contributed by atoms with Gasteiger partial charge in [0.1, 0.15) is 5.15 Å². The van der Waals surface area contributed by atoms with Crippen molar-refractivity contribution in [2.75, 3.05) is 0 Å². The van der Waals surface area contributed by atoms with Gasteiger partial charge in [-0.25, -0.2) is 9.36 Å². The summed E-state index contributed by atoms with van der Waals surface area (Å²) in [5.41, 5.74) is 0.539. The minimum absolute atomic E-state index is 0.0501. The quantitative estimate of drug-likeness (QED) is 0.772. The third-order valence-corrected chi connectivity index (χ3v) is 3.02. The van der Waals surface area contributed by atoms with E-state index in [1.807, 2.05) is 12.3 Å². The molecular formula is C9H7ClN2O2S. The van der Waals surface area contributed by atoms with E-state index in [2.05, 4.69) is 4.98 Å². The lowest BCUT2D eigenvalue weighted by atomic mass is 10.3. The van der Waals surface area contributed by atoms with Crippen LogP contribution in [0.15, 0.2) is 26.4 Å². The van der Waals surface area contributed by atoms with Crippen LogP contribution in [0.5, 0.6) is 0 Å². The van der Waals surface area contributed by atoms with E-state index in [1.54, 1.807) is 5.38 Å². The highest BCUT2D eigenvalue weighted by Crippen LogP contribution is 2.15. The van der Waals surface area contributed by atoms with Crippen molar-refractivity contribution < 1.29 is 0 Å². The molecule has 78 valence electrons. The SMILES string of the molecule is Cc1cscc1-n1c(=O)cc(Cl)[nH]c1=O. The molecular weight excluding hydrogens is 236 g/mol. The van der Waals surface area contributed by atoms with Gasteiger partial charge in [0.15, 0.2) is 0 Å². The van der Waals surface area contributed by atoms with Crippen molar-refractivity contribution in [3.05, 3.63) is 48.4 Å². The van der Waals surface area contributed by atoms with E-state index in [0.29, 0.717) is 5.69 Å². The van der Waals surface area contributed by atoms with Gasteiger partial charge in [-0.2, -0.15) is 0 Å². The number of rotatable bonds is 1. The molecule has 0 fully saturated rings. The van der Waals surface area contributed by atoms with Gasteiger partial charge in [0.25, 0.3) is 5.56 Å². The minimum Gasteiger partial charge on any atom is -0.297 e. The number of halogens is 1. The van der Waals surface area contributed by atoms with Gasteiger partial charge in [-0.15, -0.1) is 11.3 Å². The summed E-state index contributed by atoms with van der Waals surface area (Å²) in [6.07, 6.45) is 0. The number of nitrogens with zero attached hydrogens (tertiary/aromatic N) is 1. The van der Waals surface area contributed by atoms with Gasteiger partial charge >= 0.3 is 5.69 Å². The number of hydrogen-bond acceptors (Lipinski definition) is 3. The molecule has 2 aromatic heterocycles. The predicted molar refractivity (Wildman–Crippen MR) is 60.3 cm³/mol. The van der Waals surface area contributed by atoms with E-state index in [4.69, 9.17) is 11.6 Å². The van der Waals surface area contributed by atoms with E-state index in [9.17, 15) is 9.59 Å². The van der Waals surface area contributed by atoms with Crippen LogP contribution >= 0.6 is 22.9 Å². The Morgan fingerprint density at radius 1 is 1.40 bits per heavy atom. The second-order valence-corrected chi connectivity index (χ2v) is 4.19. The summed E-state index contributed by atoms with van der Waals surface area (Å²) in [4.78, 5) is 25.5. The molecule has 15 heavy (non-hydrogen) atoms. The lowest BCUT2D eigenvalue weighted by Crippen LogP contribution is -2.33. The van der Waals surface area contributed by atoms with Crippen molar-refractivity contribution in [2.45, 2.75) is 6.92 Å². The minimum atomic E-state index is -0.519. The molecule has 0 saturated heterocycles. The monoisotopic (exact) mass is 242 g/mol. The molecule has 6 heteroatoms. The van der Waals surface area contributed by atoms with E-state index in [-0.39, 0.29) is 5.15 Å². The Labute approximate surface area is 93.8 Å². The molecule has 0 aromatic carbocycles. The van der Waals surface area contributed by atoms with Crippen LogP contribution in [0.25, 0.3) is 5.69 Å². The second kappa shape index (κ2) is 3.67. The Hall–Kier alpha value is -1.33. The van der Waals surface area contributed by atoms with Crippen LogP contribution in [-0.2, 0) is 0 Å². The molecule has 0 radical (unpaired) electrons. The summed E-state index contributed by atoms with van der Waals surface area (Å²) in [6, 6.07) is 1.18. The lowest BCUT2D eigenvalue weighted by molar-refractivity contribution is 0.873. The molecule has 0 spiro atoms. The molecule has 0 atom stereocenters. The fraction of sp³-hybridized carbons (Fsp3) is 0.111.